The molecule has 68 valence electrons. The van der Waals surface area contributed by atoms with Gasteiger partial charge in [0.25, 0.3) is 0 Å². The number of nitrogens with two attached hydrogens (primary N) is 1. The first-order chi connectivity index (χ1) is 6.15. The van der Waals surface area contributed by atoms with Gasteiger partial charge in [0.05, 0.1) is 5.88 Å². The summed E-state index contributed by atoms with van der Waals surface area (Å²) in [4.78, 5) is 0. The van der Waals surface area contributed by atoms with E-state index in [1.54, 1.807) is 0 Å². The van der Waals surface area contributed by atoms with Crippen LogP contribution >= 0.6 is 11.6 Å². The minimum absolute atomic E-state index is 0.119. The Morgan fingerprint density at radius 2 is 1.85 bits per heavy atom. The quantitative estimate of drug-likeness (QED) is 0.389. The highest BCUT2D eigenvalue weighted by Gasteiger charge is 2.05. The van der Waals surface area contributed by atoms with Crippen LogP contribution in [0.4, 0.5) is 14.5 Å². The lowest BCUT2D eigenvalue weighted by atomic mass is 10.2. The van der Waals surface area contributed by atoms with Crippen molar-refractivity contribution in [2.45, 2.75) is 0 Å². The summed E-state index contributed by atoms with van der Waals surface area (Å²) in [6.45, 7) is 0. The summed E-state index contributed by atoms with van der Waals surface area (Å²) < 4.78 is 25.6. The summed E-state index contributed by atoms with van der Waals surface area (Å²) in [5.74, 6) is 3.47. The molecule has 0 aliphatic carbocycles. The van der Waals surface area contributed by atoms with Crippen molar-refractivity contribution in [3.05, 3.63) is 29.3 Å². The standard InChI is InChI=1S/C9H6ClF2N/c10-3-1-2-6-4-7(11)9(13)8(12)5-6/h4-5H,3,13H2. The molecule has 0 heterocycles. The lowest BCUT2D eigenvalue weighted by molar-refractivity contribution is 0.591. The van der Waals surface area contributed by atoms with Crippen LogP contribution in [-0.4, -0.2) is 5.88 Å². The minimum Gasteiger partial charge on any atom is -0.394 e. The van der Waals surface area contributed by atoms with E-state index in [9.17, 15) is 8.78 Å². The Morgan fingerprint density at radius 3 is 2.31 bits per heavy atom. The van der Waals surface area contributed by atoms with Crippen LogP contribution in [-0.2, 0) is 0 Å². The third-order valence-electron chi connectivity index (χ3n) is 1.38. The van der Waals surface area contributed by atoms with Crippen molar-refractivity contribution in [3.63, 3.8) is 0 Å². The molecule has 0 atom stereocenters. The highest BCUT2D eigenvalue weighted by atomic mass is 35.5. The van der Waals surface area contributed by atoms with E-state index in [0.717, 1.165) is 12.1 Å². The van der Waals surface area contributed by atoms with Crippen molar-refractivity contribution in [3.8, 4) is 11.8 Å². The van der Waals surface area contributed by atoms with E-state index in [4.69, 9.17) is 17.3 Å². The number of alkyl halides is 1. The third kappa shape index (κ3) is 2.33. The molecule has 0 spiro atoms. The molecule has 0 aliphatic rings. The number of rotatable bonds is 0. The zero-order valence-corrected chi connectivity index (χ0v) is 7.33. The van der Waals surface area contributed by atoms with Gasteiger partial charge in [-0.05, 0) is 12.1 Å². The Labute approximate surface area is 79.5 Å². The number of halogens is 3. The van der Waals surface area contributed by atoms with Gasteiger partial charge in [-0.1, -0.05) is 11.8 Å². The SMILES string of the molecule is Nc1c(F)cc(C#CCCl)cc1F. The first-order valence-electron chi connectivity index (χ1n) is 3.44. The van der Waals surface area contributed by atoms with Crippen LogP contribution in [0.1, 0.15) is 5.56 Å². The molecule has 0 radical (unpaired) electrons. The maximum atomic E-state index is 12.8. The number of anilines is 1. The fourth-order valence-electron chi connectivity index (χ4n) is 0.792. The number of hydrogen-bond donors (Lipinski definition) is 1. The predicted molar refractivity (Wildman–Crippen MR) is 48.4 cm³/mol. The normalized spacial score (nSPS) is 9.15. The average Bonchev–Trinajstić information content (AvgIpc) is 2.10. The van der Waals surface area contributed by atoms with Gasteiger partial charge in [-0.3, -0.25) is 0 Å². The number of hydrogen-bond acceptors (Lipinski definition) is 1. The molecule has 2 N–H and O–H groups in total. The van der Waals surface area contributed by atoms with Crippen LogP contribution in [0.5, 0.6) is 0 Å². The van der Waals surface area contributed by atoms with E-state index < -0.39 is 17.3 Å². The summed E-state index contributed by atoms with van der Waals surface area (Å²) in [7, 11) is 0. The maximum absolute atomic E-state index is 12.8. The van der Waals surface area contributed by atoms with Gasteiger partial charge in [-0.25, -0.2) is 8.78 Å². The molecular weight excluding hydrogens is 196 g/mol. The lowest BCUT2D eigenvalue weighted by Gasteiger charge is -1.98. The third-order valence-corrected chi connectivity index (χ3v) is 1.51. The molecule has 4 heteroatoms. The molecule has 0 saturated carbocycles. The first-order valence-corrected chi connectivity index (χ1v) is 3.98. The minimum atomic E-state index is -0.807. The Bertz CT molecular complexity index is 356. The van der Waals surface area contributed by atoms with Crippen LogP contribution in [0, 0.1) is 23.5 Å². The summed E-state index contributed by atoms with van der Waals surface area (Å²) in [5, 5.41) is 0. The van der Waals surface area contributed by atoms with Crippen molar-refractivity contribution in [2.75, 3.05) is 11.6 Å². The van der Waals surface area contributed by atoms with E-state index in [-0.39, 0.29) is 11.4 Å². The van der Waals surface area contributed by atoms with Crippen molar-refractivity contribution in [1.29, 1.82) is 0 Å². The summed E-state index contributed by atoms with van der Waals surface area (Å²) in [6.07, 6.45) is 0. The van der Waals surface area contributed by atoms with Crippen LogP contribution in [0.15, 0.2) is 12.1 Å². The monoisotopic (exact) mass is 201 g/mol. The second kappa shape index (κ2) is 4.11. The average molecular weight is 202 g/mol. The number of benzene rings is 1. The first kappa shape index (κ1) is 9.82. The topological polar surface area (TPSA) is 26.0 Å². The van der Waals surface area contributed by atoms with Crippen LogP contribution in [0.2, 0.25) is 0 Å². The van der Waals surface area contributed by atoms with Crippen LogP contribution in [0.3, 0.4) is 0 Å². The molecule has 1 nitrogen and oxygen atoms in total. The van der Waals surface area contributed by atoms with E-state index in [0.29, 0.717) is 0 Å². The van der Waals surface area contributed by atoms with Crippen molar-refractivity contribution >= 4 is 17.3 Å². The fraction of sp³-hybridized carbons (Fsp3) is 0.111. The van der Waals surface area contributed by atoms with Gasteiger partial charge in [-0.15, -0.1) is 11.6 Å². The molecule has 0 aromatic heterocycles. The van der Waals surface area contributed by atoms with Gasteiger partial charge in [0.2, 0.25) is 0 Å². The van der Waals surface area contributed by atoms with Gasteiger partial charge in [-0.2, -0.15) is 0 Å². The highest BCUT2D eigenvalue weighted by Crippen LogP contribution is 2.16. The molecule has 0 aliphatic heterocycles. The summed E-state index contributed by atoms with van der Waals surface area (Å²) in [5.41, 5.74) is 4.79. The zero-order chi connectivity index (χ0) is 9.84. The smallest absolute Gasteiger partial charge is 0.150 e. The van der Waals surface area contributed by atoms with Gasteiger partial charge in [0, 0.05) is 5.56 Å². The highest BCUT2D eigenvalue weighted by molar-refractivity contribution is 6.19. The van der Waals surface area contributed by atoms with Crippen molar-refractivity contribution < 1.29 is 8.78 Å². The second-order valence-electron chi connectivity index (χ2n) is 2.29. The zero-order valence-electron chi connectivity index (χ0n) is 6.57. The Kier molecular flexibility index (Phi) is 3.10. The van der Waals surface area contributed by atoms with Crippen molar-refractivity contribution in [2.24, 2.45) is 0 Å². The van der Waals surface area contributed by atoms with Gasteiger partial charge in [0.1, 0.15) is 17.3 Å². The Morgan fingerprint density at radius 1 is 1.31 bits per heavy atom. The molecule has 0 unspecified atom stereocenters. The van der Waals surface area contributed by atoms with Crippen LogP contribution < -0.4 is 5.73 Å². The van der Waals surface area contributed by atoms with E-state index in [1.165, 1.54) is 0 Å². The van der Waals surface area contributed by atoms with Crippen LogP contribution in [0.25, 0.3) is 0 Å². The molecule has 13 heavy (non-hydrogen) atoms. The molecule has 1 aromatic rings. The molecule has 0 amide bonds. The van der Waals surface area contributed by atoms with E-state index >= 15 is 0 Å². The van der Waals surface area contributed by atoms with Gasteiger partial charge >= 0.3 is 0 Å². The molecule has 1 rings (SSSR count). The van der Waals surface area contributed by atoms with Gasteiger partial charge < -0.3 is 5.73 Å². The lowest BCUT2D eigenvalue weighted by Crippen LogP contribution is -1.96. The molecule has 0 bridgehead atoms. The Hall–Kier alpha value is -1.27. The van der Waals surface area contributed by atoms with E-state index in [2.05, 4.69) is 11.8 Å². The van der Waals surface area contributed by atoms with Gasteiger partial charge in [0.15, 0.2) is 0 Å². The molecule has 1 aromatic carbocycles. The number of nitrogen functional groups attached to an aromatic ring is 1. The second-order valence-corrected chi connectivity index (χ2v) is 2.56. The molecular formula is C9H6ClF2N. The summed E-state index contributed by atoms with van der Waals surface area (Å²) in [6, 6.07) is 2.13. The Balaban J connectivity index is 3.13. The predicted octanol–water partition coefficient (Wildman–Crippen LogP) is 2.14. The molecule has 0 fully saturated rings. The van der Waals surface area contributed by atoms with Crippen molar-refractivity contribution in [1.82, 2.24) is 0 Å². The largest absolute Gasteiger partial charge is 0.394 e. The summed E-state index contributed by atoms with van der Waals surface area (Å²) >= 11 is 5.28. The fourth-order valence-corrected chi connectivity index (χ4v) is 0.859. The maximum Gasteiger partial charge on any atom is 0.150 e. The van der Waals surface area contributed by atoms with E-state index in [1.807, 2.05) is 0 Å². The molecule has 0 saturated heterocycles.